The van der Waals surface area contributed by atoms with Crippen LogP contribution in [0, 0.1) is 5.92 Å². The van der Waals surface area contributed by atoms with Gasteiger partial charge in [-0.15, -0.1) is 0 Å². The lowest BCUT2D eigenvalue weighted by Gasteiger charge is -2.19. The van der Waals surface area contributed by atoms with Gasteiger partial charge in [-0.3, -0.25) is 4.79 Å². The number of hydrogen-bond donors (Lipinski definition) is 3. The van der Waals surface area contributed by atoms with Gasteiger partial charge in [0, 0.05) is 6.54 Å². The van der Waals surface area contributed by atoms with Gasteiger partial charge in [0.1, 0.15) is 5.60 Å². The Morgan fingerprint density at radius 3 is 2.33 bits per heavy atom. The number of ether oxygens (including phenoxy) is 1. The van der Waals surface area contributed by atoms with E-state index in [1.54, 1.807) is 20.8 Å². The van der Waals surface area contributed by atoms with E-state index in [0.29, 0.717) is 25.8 Å². The molecule has 0 aromatic heterocycles. The summed E-state index contributed by atoms with van der Waals surface area (Å²) in [6.07, 6.45) is 1.22. The van der Waals surface area contributed by atoms with E-state index in [-0.39, 0.29) is 6.61 Å². The molecule has 6 nitrogen and oxygen atoms in total. The molecule has 0 aromatic rings. The molecule has 0 fully saturated rings. The van der Waals surface area contributed by atoms with Gasteiger partial charge >= 0.3 is 12.1 Å². The molecule has 0 spiro atoms. The van der Waals surface area contributed by atoms with Gasteiger partial charge in [-0.2, -0.15) is 0 Å². The average Bonchev–Trinajstić information content (AvgIpc) is 2.20. The molecule has 18 heavy (non-hydrogen) atoms. The van der Waals surface area contributed by atoms with E-state index in [1.165, 1.54) is 0 Å². The highest BCUT2D eigenvalue weighted by Gasteiger charge is 2.16. The predicted molar refractivity (Wildman–Crippen MR) is 66.3 cm³/mol. The third-order valence-corrected chi connectivity index (χ3v) is 2.22. The van der Waals surface area contributed by atoms with Gasteiger partial charge in [0.15, 0.2) is 0 Å². The quantitative estimate of drug-likeness (QED) is 0.602. The maximum atomic E-state index is 11.3. The molecule has 0 radical (unpaired) electrons. The molecule has 0 saturated heterocycles. The van der Waals surface area contributed by atoms with Crippen molar-refractivity contribution in [1.29, 1.82) is 0 Å². The van der Waals surface area contributed by atoms with Crippen molar-refractivity contribution in [2.75, 3.05) is 13.2 Å². The van der Waals surface area contributed by atoms with Crippen LogP contribution in [0.2, 0.25) is 0 Å². The zero-order chi connectivity index (χ0) is 14.2. The summed E-state index contributed by atoms with van der Waals surface area (Å²) in [5.41, 5.74) is -0.518. The minimum atomic E-state index is -0.988. The van der Waals surface area contributed by atoms with E-state index in [1.807, 2.05) is 0 Å². The Kier molecular flexibility index (Phi) is 7.35. The minimum Gasteiger partial charge on any atom is -0.481 e. The third kappa shape index (κ3) is 8.81. The molecule has 0 aromatic carbocycles. The van der Waals surface area contributed by atoms with Crippen LogP contribution in [0.15, 0.2) is 0 Å². The highest BCUT2D eigenvalue weighted by atomic mass is 16.6. The van der Waals surface area contributed by atoms with E-state index in [2.05, 4.69) is 5.32 Å². The number of carboxylic acid groups (broad SMARTS) is 1. The second-order valence-electron chi connectivity index (χ2n) is 5.14. The SMILES string of the molecule is CC(C)(C)OC(=O)NCCCC[C@@H](CO)C(=O)O. The summed E-state index contributed by atoms with van der Waals surface area (Å²) in [5, 5.41) is 20.1. The second kappa shape index (κ2) is 7.92. The summed E-state index contributed by atoms with van der Waals surface area (Å²) in [6.45, 7) is 5.43. The number of amides is 1. The molecule has 0 rings (SSSR count). The zero-order valence-electron chi connectivity index (χ0n) is 11.2. The van der Waals surface area contributed by atoms with Gasteiger partial charge in [-0.1, -0.05) is 6.42 Å². The van der Waals surface area contributed by atoms with Crippen LogP contribution < -0.4 is 5.32 Å². The summed E-state index contributed by atoms with van der Waals surface area (Å²) in [4.78, 5) is 21.9. The number of rotatable bonds is 7. The highest BCUT2D eigenvalue weighted by molar-refractivity contribution is 5.70. The first-order valence-corrected chi connectivity index (χ1v) is 6.07. The standard InChI is InChI=1S/C12H23NO5/c1-12(2,3)18-11(17)13-7-5-4-6-9(8-14)10(15)16/h9,14H,4-8H2,1-3H3,(H,13,17)(H,15,16)/t9-/m0/s1. The van der Waals surface area contributed by atoms with Crippen LogP contribution in [0.25, 0.3) is 0 Å². The molecule has 0 aliphatic carbocycles. The zero-order valence-corrected chi connectivity index (χ0v) is 11.2. The van der Waals surface area contributed by atoms with E-state index < -0.39 is 23.6 Å². The van der Waals surface area contributed by atoms with E-state index in [0.717, 1.165) is 0 Å². The van der Waals surface area contributed by atoms with Crippen molar-refractivity contribution in [1.82, 2.24) is 5.32 Å². The van der Waals surface area contributed by atoms with Crippen molar-refractivity contribution >= 4 is 12.1 Å². The first-order valence-electron chi connectivity index (χ1n) is 6.07. The van der Waals surface area contributed by atoms with E-state index in [4.69, 9.17) is 14.9 Å². The van der Waals surface area contributed by atoms with Crippen molar-refractivity contribution in [3.8, 4) is 0 Å². The normalized spacial score (nSPS) is 12.9. The molecule has 1 atom stereocenters. The molecule has 3 N–H and O–H groups in total. The number of carbonyl (C=O) groups excluding carboxylic acids is 1. The lowest BCUT2D eigenvalue weighted by Crippen LogP contribution is -2.33. The highest BCUT2D eigenvalue weighted by Crippen LogP contribution is 2.08. The fourth-order valence-electron chi connectivity index (χ4n) is 1.31. The fourth-order valence-corrected chi connectivity index (χ4v) is 1.31. The van der Waals surface area contributed by atoms with Crippen molar-refractivity contribution in [3.05, 3.63) is 0 Å². The van der Waals surface area contributed by atoms with Gasteiger partial charge in [0.25, 0.3) is 0 Å². The van der Waals surface area contributed by atoms with Crippen LogP contribution in [-0.4, -0.2) is 41.0 Å². The predicted octanol–water partition coefficient (Wildman–Crippen LogP) is 1.37. The topological polar surface area (TPSA) is 95.9 Å². The molecule has 0 bridgehead atoms. The lowest BCUT2D eigenvalue weighted by molar-refractivity contribution is -0.143. The number of alkyl carbamates (subject to hydrolysis) is 1. The van der Waals surface area contributed by atoms with Crippen LogP contribution in [0.3, 0.4) is 0 Å². The van der Waals surface area contributed by atoms with Gasteiger partial charge in [-0.25, -0.2) is 4.79 Å². The van der Waals surface area contributed by atoms with Crippen LogP contribution in [-0.2, 0) is 9.53 Å². The molecule has 0 aliphatic rings. The summed E-state index contributed by atoms with van der Waals surface area (Å²) in [7, 11) is 0. The number of carbonyl (C=O) groups is 2. The molecular weight excluding hydrogens is 238 g/mol. The van der Waals surface area contributed by atoms with Crippen molar-refractivity contribution < 1.29 is 24.5 Å². The summed E-state index contributed by atoms with van der Waals surface area (Å²) < 4.78 is 5.04. The number of aliphatic hydroxyl groups is 1. The van der Waals surface area contributed by atoms with Crippen molar-refractivity contribution in [2.24, 2.45) is 5.92 Å². The molecule has 0 aliphatic heterocycles. The molecule has 106 valence electrons. The Balaban J connectivity index is 3.62. The molecule has 0 unspecified atom stereocenters. The summed E-state index contributed by atoms with van der Waals surface area (Å²) >= 11 is 0. The molecule has 1 amide bonds. The lowest BCUT2D eigenvalue weighted by atomic mass is 10.0. The number of carboxylic acids is 1. The van der Waals surface area contributed by atoms with Gasteiger partial charge < -0.3 is 20.3 Å². The van der Waals surface area contributed by atoms with Crippen LogP contribution in [0.5, 0.6) is 0 Å². The fraction of sp³-hybridized carbons (Fsp3) is 0.833. The summed E-state index contributed by atoms with van der Waals surface area (Å²) in [6, 6.07) is 0. The molecule has 0 heterocycles. The largest absolute Gasteiger partial charge is 0.481 e. The smallest absolute Gasteiger partial charge is 0.407 e. The van der Waals surface area contributed by atoms with E-state index in [9.17, 15) is 9.59 Å². The minimum absolute atomic E-state index is 0.352. The average molecular weight is 261 g/mol. The molecule has 0 saturated carbocycles. The number of unbranched alkanes of at least 4 members (excludes halogenated alkanes) is 1. The number of nitrogens with one attached hydrogen (secondary N) is 1. The maximum absolute atomic E-state index is 11.3. The number of hydrogen-bond acceptors (Lipinski definition) is 4. The van der Waals surface area contributed by atoms with Gasteiger partial charge in [0.05, 0.1) is 12.5 Å². The molecule has 6 heteroatoms. The monoisotopic (exact) mass is 261 g/mol. The number of aliphatic hydroxyl groups excluding tert-OH is 1. The van der Waals surface area contributed by atoms with Gasteiger partial charge in [0.2, 0.25) is 0 Å². The van der Waals surface area contributed by atoms with Crippen molar-refractivity contribution in [3.63, 3.8) is 0 Å². The second-order valence-corrected chi connectivity index (χ2v) is 5.14. The Bertz CT molecular complexity index is 272. The van der Waals surface area contributed by atoms with E-state index >= 15 is 0 Å². The Morgan fingerprint density at radius 2 is 1.89 bits per heavy atom. The first kappa shape index (κ1) is 16.7. The third-order valence-electron chi connectivity index (χ3n) is 2.22. The van der Waals surface area contributed by atoms with Gasteiger partial charge in [-0.05, 0) is 33.6 Å². The van der Waals surface area contributed by atoms with Crippen LogP contribution in [0.4, 0.5) is 4.79 Å². The first-order chi connectivity index (χ1) is 8.26. The van der Waals surface area contributed by atoms with Crippen LogP contribution >= 0.6 is 0 Å². The van der Waals surface area contributed by atoms with Crippen molar-refractivity contribution in [2.45, 2.75) is 45.6 Å². The number of aliphatic carboxylic acids is 1. The Morgan fingerprint density at radius 1 is 1.28 bits per heavy atom. The maximum Gasteiger partial charge on any atom is 0.407 e. The molecular formula is C12H23NO5. The Hall–Kier alpha value is -1.30. The Labute approximate surface area is 107 Å². The summed E-state index contributed by atoms with van der Waals surface area (Å²) in [5.74, 6) is -1.70. The van der Waals surface area contributed by atoms with Crippen LogP contribution in [0.1, 0.15) is 40.0 Å².